The van der Waals surface area contributed by atoms with Crippen molar-refractivity contribution in [3.05, 3.63) is 46.6 Å². The van der Waals surface area contributed by atoms with Crippen molar-refractivity contribution in [2.24, 2.45) is 0 Å². The fourth-order valence-electron chi connectivity index (χ4n) is 3.58. The van der Waals surface area contributed by atoms with Gasteiger partial charge in [0.05, 0.1) is 16.3 Å². The number of rotatable bonds is 4. The Kier molecular flexibility index (Phi) is 4.23. The van der Waals surface area contributed by atoms with E-state index in [1.165, 1.54) is 28.5 Å². The van der Waals surface area contributed by atoms with Crippen LogP contribution in [0, 0.1) is 0 Å². The highest BCUT2D eigenvalue weighted by molar-refractivity contribution is 7.90. The maximum atomic E-state index is 11.7. The highest BCUT2D eigenvalue weighted by Gasteiger charge is 2.24. The maximum absolute atomic E-state index is 11.7. The number of nitrogens with zero attached hydrogens (tertiary/aromatic N) is 3. The molecule has 0 saturated heterocycles. The normalized spacial score (nSPS) is 15.2. The summed E-state index contributed by atoms with van der Waals surface area (Å²) in [5.74, 6) is 0.953. The van der Waals surface area contributed by atoms with E-state index in [-0.39, 0.29) is 6.04 Å². The van der Waals surface area contributed by atoms with Crippen LogP contribution < -0.4 is 4.90 Å². The smallest absolute Gasteiger partial charge is 0.175 e. The van der Waals surface area contributed by atoms with Crippen LogP contribution >= 0.6 is 11.3 Å². The molecular weight excluding hydrogens is 366 g/mol. The van der Waals surface area contributed by atoms with Crippen LogP contribution in [-0.4, -0.2) is 31.7 Å². The summed E-state index contributed by atoms with van der Waals surface area (Å²) in [6.45, 7) is 2.11. The average Bonchev–Trinajstić information content (AvgIpc) is 3.20. The standard InChI is InChI=1S/C19H21N3O2S2/c1-12(13-7-9-14(10-8-13)26(3,23)24)22(2)18-17-15-5-4-6-16(15)25-19(17)21-11-20-18/h7-12H,4-6H2,1-3H3. The van der Waals surface area contributed by atoms with Gasteiger partial charge in [0.2, 0.25) is 0 Å². The SMILES string of the molecule is CC(c1ccc(S(C)(=O)=O)cc1)N(C)c1ncnc2sc3c(c12)CCC3. The first kappa shape index (κ1) is 17.4. The number of sulfone groups is 1. The van der Waals surface area contributed by atoms with E-state index in [1.807, 2.05) is 19.2 Å². The zero-order valence-electron chi connectivity index (χ0n) is 15.1. The number of thiophene rings is 1. The molecule has 2 aromatic heterocycles. The van der Waals surface area contributed by atoms with E-state index in [0.717, 1.165) is 29.1 Å². The third-order valence-electron chi connectivity index (χ3n) is 5.19. The minimum Gasteiger partial charge on any atom is -0.352 e. The molecule has 7 heteroatoms. The lowest BCUT2D eigenvalue weighted by atomic mass is 10.1. The summed E-state index contributed by atoms with van der Waals surface area (Å²) in [6, 6.07) is 7.18. The van der Waals surface area contributed by atoms with Crippen molar-refractivity contribution < 1.29 is 8.42 Å². The monoisotopic (exact) mass is 387 g/mol. The van der Waals surface area contributed by atoms with Gasteiger partial charge in [0.1, 0.15) is 17.0 Å². The first-order valence-corrected chi connectivity index (χ1v) is 11.3. The zero-order valence-corrected chi connectivity index (χ0v) is 16.7. The molecule has 5 nitrogen and oxygen atoms in total. The van der Waals surface area contributed by atoms with Crippen molar-refractivity contribution in [3.63, 3.8) is 0 Å². The minimum absolute atomic E-state index is 0.0682. The summed E-state index contributed by atoms with van der Waals surface area (Å²) in [4.78, 5) is 14.1. The average molecular weight is 388 g/mol. The van der Waals surface area contributed by atoms with Crippen molar-refractivity contribution >= 4 is 37.2 Å². The number of hydrogen-bond acceptors (Lipinski definition) is 6. The number of anilines is 1. The molecule has 0 saturated carbocycles. The molecule has 0 spiro atoms. The van der Waals surface area contributed by atoms with Crippen LogP contribution in [0.1, 0.15) is 35.4 Å². The van der Waals surface area contributed by atoms with E-state index >= 15 is 0 Å². The molecule has 0 bridgehead atoms. The van der Waals surface area contributed by atoms with Gasteiger partial charge < -0.3 is 4.90 Å². The zero-order chi connectivity index (χ0) is 18.5. The number of hydrogen-bond donors (Lipinski definition) is 0. The van der Waals surface area contributed by atoms with Crippen molar-refractivity contribution in [2.75, 3.05) is 18.2 Å². The van der Waals surface area contributed by atoms with E-state index < -0.39 is 9.84 Å². The lowest BCUT2D eigenvalue weighted by Crippen LogP contribution is -2.23. The molecule has 0 radical (unpaired) electrons. The Labute approximate surface area is 157 Å². The molecule has 1 unspecified atom stereocenters. The molecule has 1 aromatic carbocycles. The molecule has 0 aliphatic heterocycles. The van der Waals surface area contributed by atoms with Crippen LogP contribution in [-0.2, 0) is 22.7 Å². The van der Waals surface area contributed by atoms with Crippen LogP contribution in [0.15, 0.2) is 35.5 Å². The topological polar surface area (TPSA) is 63.2 Å². The summed E-state index contributed by atoms with van der Waals surface area (Å²) >= 11 is 1.79. The van der Waals surface area contributed by atoms with Crippen LogP contribution in [0.4, 0.5) is 5.82 Å². The first-order chi connectivity index (χ1) is 12.4. The van der Waals surface area contributed by atoms with E-state index in [1.54, 1.807) is 29.8 Å². The van der Waals surface area contributed by atoms with Gasteiger partial charge in [-0.1, -0.05) is 12.1 Å². The Bertz CT molecular complexity index is 1070. The Balaban J connectivity index is 1.71. The van der Waals surface area contributed by atoms with Crippen molar-refractivity contribution in [1.29, 1.82) is 0 Å². The van der Waals surface area contributed by atoms with Gasteiger partial charge in [-0.3, -0.25) is 0 Å². The summed E-state index contributed by atoms with van der Waals surface area (Å²) in [5, 5.41) is 1.19. The molecule has 0 fully saturated rings. The third kappa shape index (κ3) is 2.89. The lowest BCUT2D eigenvalue weighted by molar-refractivity contribution is 0.601. The second-order valence-corrected chi connectivity index (χ2v) is 9.96. The molecule has 0 N–H and O–H groups in total. The predicted molar refractivity (Wildman–Crippen MR) is 106 cm³/mol. The molecule has 1 atom stereocenters. The molecule has 1 aliphatic carbocycles. The fraction of sp³-hybridized carbons (Fsp3) is 0.368. The number of benzene rings is 1. The van der Waals surface area contributed by atoms with Gasteiger partial charge in [-0.05, 0) is 49.4 Å². The Hall–Kier alpha value is -1.99. The summed E-state index contributed by atoms with van der Waals surface area (Å²) in [7, 11) is -1.14. The van der Waals surface area contributed by atoms with E-state index in [2.05, 4.69) is 21.8 Å². The van der Waals surface area contributed by atoms with Crippen molar-refractivity contribution in [2.45, 2.75) is 37.1 Å². The number of aromatic nitrogens is 2. The quantitative estimate of drug-likeness (QED) is 0.682. The van der Waals surface area contributed by atoms with E-state index in [4.69, 9.17) is 0 Å². The van der Waals surface area contributed by atoms with Gasteiger partial charge in [-0.15, -0.1) is 11.3 Å². The van der Waals surface area contributed by atoms with Gasteiger partial charge in [0, 0.05) is 18.2 Å². The van der Waals surface area contributed by atoms with E-state index in [0.29, 0.717) is 4.90 Å². The second-order valence-electron chi connectivity index (χ2n) is 6.86. The minimum atomic E-state index is -3.18. The first-order valence-electron chi connectivity index (χ1n) is 8.64. The largest absolute Gasteiger partial charge is 0.352 e. The summed E-state index contributed by atoms with van der Waals surface area (Å²) in [5.41, 5.74) is 2.46. The summed E-state index contributed by atoms with van der Waals surface area (Å²) in [6.07, 6.45) is 6.31. The Morgan fingerprint density at radius 3 is 2.58 bits per heavy atom. The summed E-state index contributed by atoms with van der Waals surface area (Å²) < 4.78 is 23.3. The van der Waals surface area contributed by atoms with Crippen molar-refractivity contribution in [1.82, 2.24) is 9.97 Å². The van der Waals surface area contributed by atoms with Crippen molar-refractivity contribution in [3.8, 4) is 0 Å². The Morgan fingerprint density at radius 1 is 1.15 bits per heavy atom. The molecule has 3 aromatic rings. The van der Waals surface area contributed by atoms with Crippen LogP contribution in [0.25, 0.3) is 10.2 Å². The van der Waals surface area contributed by atoms with Crippen LogP contribution in [0.5, 0.6) is 0 Å². The number of fused-ring (bicyclic) bond motifs is 3. The van der Waals surface area contributed by atoms with Gasteiger partial charge >= 0.3 is 0 Å². The molecule has 26 heavy (non-hydrogen) atoms. The molecule has 4 rings (SSSR count). The Morgan fingerprint density at radius 2 is 1.88 bits per heavy atom. The molecule has 136 valence electrons. The maximum Gasteiger partial charge on any atom is 0.175 e. The van der Waals surface area contributed by atoms with Gasteiger partial charge in [-0.25, -0.2) is 18.4 Å². The second kappa shape index (κ2) is 6.32. The highest BCUT2D eigenvalue weighted by Crippen LogP contribution is 2.41. The van der Waals surface area contributed by atoms with Crippen LogP contribution in [0.2, 0.25) is 0 Å². The van der Waals surface area contributed by atoms with Gasteiger partial charge in [-0.2, -0.15) is 0 Å². The molecular formula is C19H21N3O2S2. The molecule has 1 aliphatic rings. The lowest BCUT2D eigenvalue weighted by Gasteiger charge is -2.27. The van der Waals surface area contributed by atoms with Crippen LogP contribution in [0.3, 0.4) is 0 Å². The molecule has 0 amide bonds. The van der Waals surface area contributed by atoms with Gasteiger partial charge in [0.25, 0.3) is 0 Å². The van der Waals surface area contributed by atoms with E-state index in [9.17, 15) is 8.42 Å². The predicted octanol–water partition coefficient (Wildman–Crippen LogP) is 3.78. The highest BCUT2D eigenvalue weighted by atomic mass is 32.2. The van der Waals surface area contributed by atoms with Gasteiger partial charge in [0.15, 0.2) is 9.84 Å². The third-order valence-corrected chi connectivity index (χ3v) is 7.52. The molecule has 2 heterocycles. The number of aryl methyl sites for hydroxylation is 2. The fourth-order valence-corrected chi connectivity index (χ4v) is 5.43.